The zero-order chi connectivity index (χ0) is 19.4. The van der Waals surface area contributed by atoms with Crippen molar-refractivity contribution in [3.8, 4) is 0 Å². The van der Waals surface area contributed by atoms with E-state index in [1.165, 1.54) is 33.7 Å². The number of para-hydroxylation sites is 2. The van der Waals surface area contributed by atoms with Crippen LogP contribution in [0, 0.1) is 6.92 Å². The summed E-state index contributed by atoms with van der Waals surface area (Å²) in [5.41, 5.74) is 1.63. The molecule has 3 rings (SSSR count). The third-order valence-corrected chi connectivity index (χ3v) is 7.34. The predicted octanol–water partition coefficient (Wildman–Crippen LogP) is 1.66. The topological polar surface area (TPSA) is 95.5 Å². The normalized spacial score (nSPS) is 15.7. The van der Waals surface area contributed by atoms with Crippen LogP contribution in [-0.4, -0.2) is 67.0 Å². The van der Waals surface area contributed by atoms with E-state index in [1.807, 2.05) is 31.2 Å². The number of nitrogens with one attached hydrogen (secondary N) is 1. The quantitative estimate of drug-likeness (QED) is 0.701. The smallest absolute Gasteiger partial charge is 0.234 e. The summed E-state index contributed by atoms with van der Waals surface area (Å²) >= 11 is 2.82. The van der Waals surface area contributed by atoms with Gasteiger partial charge in [-0.15, -0.1) is 10.2 Å². The molecule has 1 aromatic heterocycles. The summed E-state index contributed by atoms with van der Waals surface area (Å²) in [7, 11) is -3.17. The number of piperazine rings is 1. The fraction of sp³-hybridized carbons (Fsp3) is 0.438. The highest BCUT2D eigenvalue weighted by molar-refractivity contribution is 8.01. The summed E-state index contributed by atoms with van der Waals surface area (Å²) in [6, 6.07) is 7.57. The monoisotopic (exact) mass is 427 g/mol. The lowest BCUT2D eigenvalue weighted by atomic mass is 10.2. The number of aromatic nitrogens is 2. The first-order valence-corrected chi connectivity index (χ1v) is 12.0. The molecule has 0 unspecified atom stereocenters. The van der Waals surface area contributed by atoms with Crippen molar-refractivity contribution in [1.29, 1.82) is 0 Å². The Kier molecular flexibility index (Phi) is 6.35. The molecule has 8 nitrogen and oxygen atoms in total. The van der Waals surface area contributed by atoms with E-state index in [9.17, 15) is 13.2 Å². The summed E-state index contributed by atoms with van der Waals surface area (Å²) in [4.78, 5) is 14.4. The van der Waals surface area contributed by atoms with Gasteiger partial charge in [-0.05, 0) is 19.1 Å². The first-order valence-electron chi connectivity index (χ1n) is 8.35. The van der Waals surface area contributed by atoms with Crippen LogP contribution in [0.5, 0.6) is 0 Å². The molecule has 0 radical (unpaired) electrons. The molecule has 11 heteroatoms. The molecule has 0 saturated carbocycles. The summed E-state index contributed by atoms with van der Waals surface area (Å²) in [5, 5.41) is 11.8. The van der Waals surface area contributed by atoms with Gasteiger partial charge in [0.25, 0.3) is 0 Å². The van der Waals surface area contributed by atoms with E-state index < -0.39 is 10.0 Å². The van der Waals surface area contributed by atoms with Gasteiger partial charge in [-0.25, -0.2) is 8.42 Å². The van der Waals surface area contributed by atoms with Crippen molar-refractivity contribution < 1.29 is 13.2 Å². The minimum Gasteiger partial charge on any atom is -0.367 e. The van der Waals surface area contributed by atoms with E-state index in [4.69, 9.17) is 0 Å². The molecular formula is C16H21N5O3S3. The Morgan fingerprint density at radius 1 is 1.22 bits per heavy atom. The van der Waals surface area contributed by atoms with Crippen LogP contribution < -0.4 is 10.2 Å². The zero-order valence-electron chi connectivity index (χ0n) is 15.1. The maximum atomic E-state index is 12.3. The highest BCUT2D eigenvalue weighted by Gasteiger charge is 2.24. The van der Waals surface area contributed by atoms with Gasteiger partial charge in [0, 0.05) is 26.2 Å². The highest BCUT2D eigenvalue weighted by atomic mass is 32.2. The largest absolute Gasteiger partial charge is 0.367 e. The van der Waals surface area contributed by atoms with Gasteiger partial charge in [0.1, 0.15) is 5.01 Å². The van der Waals surface area contributed by atoms with Crippen LogP contribution in [0.2, 0.25) is 0 Å². The molecule has 1 aliphatic heterocycles. The second-order valence-electron chi connectivity index (χ2n) is 6.09. The van der Waals surface area contributed by atoms with Crippen molar-refractivity contribution >= 4 is 50.4 Å². The van der Waals surface area contributed by atoms with Crippen molar-refractivity contribution in [1.82, 2.24) is 14.5 Å². The number of benzene rings is 1. The predicted molar refractivity (Wildman–Crippen MR) is 109 cm³/mol. The summed E-state index contributed by atoms with van der Waals surface area (Å²) < 4.78 is 25.6. The average molecular weight is 428 g/mol. The zero-order valence-corrected chi connectivity index (χ0v) is 17.5. The molecule has 146 valence electrons. The number of aryl methyl sites for hydroxylation is 1. The van der Waals surface area contributed by atoms with Crippen molar-refractivity contribution in [2.45, 2.75) is 11.3 Å². The molecule has 1 amide bonds. The van der Waals surface area contributed by atoms with Gasteiger partial charge in [0.2, 0.25) is 15.9 Å². The van der Waals surface area contributed by atoms with E-state index in [2.05, 4.69) is 20.4 Å². The number of sulfonamides is 1. The van der Waals surface area contributed by atoms with E-state index in [1.54, 1.807) is 0 Å². The molecule has 1 saturated heterocycles. The number of hydrogen-bond acceptors (Lipinski definition) is 8. The fourth-order valence-corrected chi connectivity index (χ4v) is 5.21. The van der Waals surface area contributed by atoms with E-state index in [0.29, 0.717) is 26.2 Å². The molecule has 1 N–H and O–H groups in total. The number of hydrogen-bond donors (Lipinski definition) is 1. The van der Waals surface area contributed by atoms with Crippen molar-refractivity contribution in [2.75, 3.05) is 48.4 Å². The fourth-order valence-electron chi connectivity index (χ4n) is 2.77. The van der Waals surface area contributed by atoms with E-state index >= 15 is 0 Å². The van der Waals surface area contributed by atoms with Gasteiger partial charge in [-0.1, -0.05) is 35.2 Å². The average Bonchev–Trinajstić information content (AvgIpc) is 3.05. The number of amides is 1. The van der Waals surface area contributed by atoms with Gasteiger partial charge in [0.15, 0.2) is 4.34 Å². The third kappa shape index (κ3) is 5.41. The van der Waals surface area contributed by atoms with Crippen LogP contribution in [0.25, 0.3) is 0 Å². The maximum absolute atomic E-state index is 12.3. The lowest BCUT2D eigenvalue weighted by Crippen LogP contribution is -2.48. The van der Waals surface area contributed by atoms with Crippen LogP contribution in [-0.2, 0) is 14.8 Å². The van der Waals surface area contributed by atoms with Crippen molar-refractivity contribution in [2.24, 2.45) is 0 Å². The number of carbonyl (C=O) groups excluding carboxylic acids is 1. The Hall–Kier alpha value is -1.69. The van der Waals surface area contributed by atoms with Crippen LogP contribution >= 0.6 is 23.1 Å². The second kappa shape index (κ2) is 8.55. The standard InChI is InChI=1S/C16H21N5O3S3/c1-12-18-19-16(26-12)25-11-15(22)17-13-5-3-4-6-14(13)20-7-9-21(10-8-20)27(2,23)24/h3-6H,7-11H2,1-2H3,(H,17,22). The Balaban J connectivity index is 1.61. The first-order chi connectivity index (χ1) is 12.8. The molecule has 0 bridgehead atoms. The highest BCUT2D eigenvalue weighted by Crippen LogP contribution is 2.28. The molecule has 27 heavy (non-hydrogen) atoms. The Bertz CT molecular complexity index is 908. The van der Waals surface area contributed by atoms with Gasteiger partial charge < -0.3 is 10.2 Å². The molecule has 1 aliphatic rings. The minimum absolute atomic E-state index is 0.116. The van der Waals surface area contributed by atoms with E-state index in [-0.39, 0.29) is 11.7 Å². The SMILES string of the molecule is Cc1nnc(SCC(=O)Nc2ccccc2N2CCN(S(C)(=O)=O)CC2)s1. The molecule has 1 fully saturated rings. The van der Waals surface area contributed by atoms with Gasteiger partial charge in [-0.2, -0.15) is 4.31 Å². The summed E-state index contributed by atoms with van der Waals surface area (Å²) in [5.74, 6) is 0.139. The molecule has 0 atom stereocenters. The molecule has 2 aromatic rings. The lowest BCUT2D eigenvalue weighted by molar-refractivity contribution is -0.113. The Morgan fingerprint density at radius 2 is 1.93 bits per heavy atom. The van der Waals surface area contributed by atoms with Crippen LogP contribution in [0.4, 0.5) is 11.4 Å². The number of carbonyl (C=O) groups is 1. The number of anilines is 2. The lowest BCUT2D eigenvalue weighted by Gasteiger charge is -2.35. The van der Waals surface area contributed by atoms with Gasteiger partial charge in [0.05, 0.1) is 23.4 Å². The number of rotatable bonds is 6. The summed E-state index contributed by atoms with van der Waals surface area (Å²) in [6.07, 6.45) is 1.23. The van der Waals surface area contributed by atoms with Crippen LogP contribution in [0.1, 0.15) is 5.01 Å². The number of nitrogens with zero attached hydrogens (tertiary/aromatic N) is 4. The van der Waals surface area contributed by atoms with Crippen LogP contribution in [0.15, 0.2) is 28.6 Å². The maximum Gasteiger partial charge on any atom is 0.234 e. The molecular weight excluding hydrogens is 406 g/mol. The molecule has 2 heterocycles. The number of thioether (sulfide) groups is 1. The van der Waals surface area contributed by atoms with Crippen molar-refractivity contribution in [3.63, 3.8) is 0 Å². The second-order valence-corrected chi connectivity index (χ2v) is 10.5. The molecule has 0 aliphatic carbocycles. The van der Waals surface area contributed by atoms with Gasteiger partial charge in [-0.3, -0.25) is 4.79 Å². The Labute approximate surface area is 167 Å². The molecule has 0 spiro atoms. The van der Waals surface area contributed by atoms with Gasteiger partial charge >= 0.3 is 0 Å². The summed E-state index contributed by atoms with van der Waals surface area (Å²) in [6.45, 7) is 3.92. The minimum atomic E-state index is -3.17. The molecule has 1 aromatic carbocycles. The Morgan fingerprint density at radius 3 is 2.56 bits per heavy atom. The third-order valence-electron chi connectivity index (χ3n) is 4.06. The van der Waals surface area contributed by atoms with Crippen molar-refractivity contribution in [3.05, 3.63) is 29.3 Å². The van der Waals surface area contributed by atoms with Crippen LogP contribution in [0.3, 0.4) is 0 Å². The van der Waals surface area contributed by atoms with E-state index in [0.717, 1.165) is 20.7 Å². The first kappa shape index (κ1) is 20.1.